The van der Waals surface area contributed by atoms with Crippen molar-refractivity contribution in [2.24, 2.45) is 0 Å². The predicted molar refractivity (Wildman–Crippen MR) is 84.1 cm³/mol. The van der Waals surface area contributed by atoms with Crippen LogP contribution in [0.1, 0.15) is 52.0 Å². The van der Waals surface area contributed by atoms with Crippen molar-refractivity contribution >= 4 is 5.97 Å². The lowest BCUT2D eigenvalue weighted by atomic mass is 9.94. The fourth-order valence-electron chi connectivity index (χ4n) is 2.30. The van der Waals surface area contributed by atoms with Gasteiger partial charge in [-0.3, -0.25) is 9.48 Å². The molecule has 0 aliphatic carbocycles. The van der Waals surface area contributed by atoms with E-state index in [4.69, 9.17) is 4.74 Å². The van der Waals surface area contributed by atoms with E-state index in [0.717, 1.165) is 38.8 Å². The van der Waals surface area contributed by atoms with Gasteiger partial charge in [-0.2, -0.15) is 5.10 Å². The van der Waals surface area contributed by atoms with Crippen molar-refractivity contribution in [1.82, 2.24) is 15.1 Å². The number of aromatic nitrogens is 2. The van der Waals surface area contributed by atoms with Gasteiger partial charge in [-0.05, 0) is 58.6 Å². The van der Waals surface area contributed by atoms with E-state index in [9.17, 15) is 4.79 Å². The number of esters is 1. The van der Waals surface area contributed by atoms with Gasteiger partial charge in [0.25, 0.3) is 0 Å². The van der Waals surface area contributed by atoms with Gasteiger partial charge in [0.1, 0.15) is 5.54 Å². The van der Waals surface area contributed by atoms with Gasteiger partial charge in [-0.25, -0.2) is 0 Å². The van der Waals surface area contributed by atoms with E-state index < -0.39 is 5.54 Å². The number of unbranched alkanes of at least 4 members (excludes halogenated alkanes) is 1. The molecule has 0 aliphatic heterocycles. The first-order valence-corrected chi connectivity index (χ1v) is 7.93. The van der Waals surface area contributed by atoms with Crippen LogP contribution in [0.25, 0.3) is 0 Å². The summed E-state index contributed by atoms with van der Waals surface area (Å²) in [5.74, 6) is -0.145. The average molecular weight is 295 g/mol. The van der Waals surface area contributed by atoms with Crippen LogP contribution in [0.15, 0.2) is 12.4 Å². The summed E-state index contributed by atoms with van der Waals surface area (Å²) in [7, 11) is 0. The van der Waals surface area contributed by atoms with Crippen LogP contribution in [0.3, 0.4) is 0 Å². The molecule has 0 radical (unpaired) electrons. The molecule has 1 aromatic heterocycles. The SMILES string of the molecule is CCCNC(C)(CCCCn1cc(C)cn1)C(=O)OCC. The van der Waals surface area contributed by atoms with E-state index in [2.05, 4.69) is 17.3 Å². The van der Waals surface area contributed by atoms with Crippen LogP contribution in [0.2, 0.25) is 0 Å². The number of rotatable bonds is 10. The molecule has 1 heterocycles. The molecule has 1 atom stereocenters. The fraction of sp³-hybridized carbons (Fsp3) is 0.750. The molecule has 0 fully saturated rings. The Bertz CT molecular complexity index is 431. The largest absolute Gasteiger partial charge is 0.465 e. The minimum absolute atomic E-state index is 0.145. The van der Waals surface area contributed by atoms with Crippen molar-refractivity contribution in [3.05, 3.63) is 18.0 Å². The molecule has 0 saturated heterocycles. The third kappa shape index (κ3) is 5.87. The Labute approximate surface area is 128 Å². The van der Waals surface area contributed by atoms with Crippen molar-refractivity contribution in [3.63, 3.8) is 0 Å². The molecule has 5 heteroatoms. The molecule has 0 aromatic carbocycles. The van der Waals surface area contributed by atoms with Crippen LogP contribution < -0.4 is 5.32 Å². The summed E-state index contributed by atoms with van der Waals surface area (Å²) in [5, 5.41) is 7.61. The molecule has 0 amide bonds. The van der Waals surface area contributed by atoms with Crippen molar-refractivity contribution in [2.75, 3.05) is 13.2 Å². The zero-order valence-corrected chi connectivity index (χ0v) is 13.8. The lowest BCUT2D eigenvalue weighted by molar-refractivity contribution is -0.150. The van der Waals surface area contributed by atoms with E-state index in [-0.39, 0.29) is 5.97 Å². The van der Waals surface area contributed by atoms with Gasteiger partial charge in [0.15, 0.2) is 0 Å². The highest BCUT2D eigenvalue weighted by Gasteiger charge is 2.33. The predicted octanol–water partition coefficient (Wildman–Crippen LogP) is 2.68. The monoisotopic (exact) mass is 295 g/mol. The van der Waals surface area contributed by atoms with Gasteiger partial charge in [0.2, 0.25) is 0 Å². The fourth-order valence-corrected chi connectivity index (χ4v) is 2.30. The van der Waals surface area contributed by atoms with E-state index in [1.165, 1.54) is 5.56 Å². The van der Waals surface area contributed by atoms with Crippen molar-refractivity contribution in [3.8, 4) is 0 Å². The summed E-state index contributed by atoms with van der Waals surface area (Å²) in [4.78, 5) is 12.1. The van der Waals surface area contributed by atoms with Gasteiger partial charge < -0.3 is 10.1 Å². The molecule has 0 aliphatic rings. The number of aryl methyl sites for hydroxylation is 2. The summed E-state index contributed by atoms with van der Waals surface area (Å²) >= 11 is 0. The third-order valence-electron chi connectivity index (χ3n) is 3.57. The first kappa shape index (κ1) is 17.7. The van der Waals surface area contributed by atoms with Crippen molar-refractivity contribution < 1.29 is 9.53 Å². The molecule has 1 rings (SSSR count). The Hall–Kier alpha value is -1.36. The Kier molecular flexibility index (Phi) is 7.43. The highest BCUT2D eigenvalue weighted by atomic mass is 16.5. The van der Waals surface area contributed by atoms with Crippen LogP contribution >= 0.6 is 0 Å². The Balaban J connectivity index is 2.43. The summed E-state index contributed by atoms with van der Waals surface area (Å²) in [6, 6.07) is 0. The van der Waals surface area contributed by atoms with Gasteiger partial charge in [0, 0.05) is 12.7 Å². The molecule has 21 heavy (non-hydrogen) atoms. The standard InChI is InChI=1S/C16H29N3O2/c1-5-10-17-16(4,15(20)21-6-2)9-7-8-11-19-13-14(3)12-18-19/h12-13,17H,5-11H2,1-4H3. The third-order valence-corrected chi connectivity index (χ3v) is 3.57. The van der Waals surface area contributed by atoms with Crippen molar-refractivity contribution in [1.29, 1.82) is 0 Å². The second-order valence-electron chi connectivity index (χ2n) is 5.72. The van der Waals surface area contributed by atoms with Crippen LogP contribution in [-0.4, -0.2) is 34.4 Å². The topological polar surface area (TPSA) is 56.2 Å². The van der Waals surface area contributed by atoms with Gasteiger partial charge >= 0.3 is 5.97 Å². The Morgan fingerprint density at radius 3 is 2.76 bits per heavy atom. The molecular weight excluding hydrogens is 266 g/mol. The first-order chi connectivity index (χ1) is 10.0. The molecule has 0 bridgehead atoms. The lowest BCUT2D eigenvalue weighted by Gasteiger charge is -2.28. The number of nitrogens with zero attached hydrogens (tertiary/aromatic N) is 2. The van der Waals surface area contributed by atoms with E-state index in [0.29, 0.717) is 6.61 Å². The van der Waals surface area contributed by atoms with Crippen LogP contribution in [0.5, 0.6) is 0 Å². The average Bonchev–Trinajstić information content (AvgIpc) is 2.87. The number of hydrogen-bond acceptors (Lipinski definition) is 4. The molecule has 0 spiro atoms. The minimum Gasteiger partial charge on any atom is -0.465 e. The maximum atomic E-state index is 12.1. The zero-order chi connectivity index (χ0) is 15.7. The Morgan fingerprint density at radius 1 is 1.43 bits per heavy atom. The van der Waals surface area contributed by atoms with Gasteiger partial charge in [-0.15, -0.1) is 0 Å². The smallest absolute Gasteiger partial charge is 0.326 e. The summed E-state index contributed by atoms with van der Waals surface area (Å²) in [5.41, 5.74) is 0.599. The minimum atomic E-state index is -0.577. The van der Waals surface area contributed by atoms with Gasteiger partial charge in [-0.1, -0.05) is 6.92 Å². The van der Waals surface area contributed by atoms with Gasteiger partial charge in [0.05, 0.1) is 12.8 Å². The molecule has 1 aromatic rings. The van der Waals surface area contributed by atoms with Crippen LogP contribution in [0.4, 0.5) is 0 Å². The second-order valence-corrected chi connectivity index (χ2v) is 5.72. The molecule has 1 N–H and O–H groups in total. The Morgan fingerprint density at radius 2 is 2.19 bits per heavy atom. The summed E-state index contributed by atoms with van der Waals surface area (Å²) in [6.45, 7) is 10.1. The molecule has 0 saturated carbocycles. The maximum absolute atomic E-state index is 12.1. The van der Waals surface area contributed by atoms with E-state index in [1.807, 2.05) is 37.8 Å². The lowest BCUT2D eigenvalue weighted by Crippen LogP contribution is -2.50. The molecule has 120 valence electrons. The zero-order valence-electron chi connectivity index (χ0n) is 13.8. The molecule has 1 unspecified atom stereocenters. The highest BCUT2D eigenvalue weighted by Crippen LogP contribution is 2.17. The number of nitrogens with one attached hydrogen (secondary N) is 1. The first-order valence-electron chi connectivity index (χ1n) is 7.93. The van der Waals surface area contributed by atoms with Crippen LogP contribution in [0, 0.1) is 6.92 Å². The number of carbonyl (C=O) groups excluding carboxylic acids is 1. The summed E-state index contributed by atoms with van der Waals surface area (Å²) in [6.07, 6.45) is 7.66. The highest BCUT2D eigenvalue weighted by molar-refractivity contribution is 5.80. The maximum Gasteiger partial charge on any atom is 0.326 e. The number of ether oxygens (including phenoxy) is 1. The summed E-state index contributed by atoms with van der Waals surface area (Å²) < 4.78 is 7.16. The number of hydrogen-bond donors (Lipinski definition) is 1. The molecular formula is C16H29N3O2. The van der Waals surface area contributed by atoms with E-state index in [1.54, 1.807) is 0 Å². The quantitative estimate of drug-likeness (QED) is 0.532. The van der Waals surface area contributed by atoms with E-state index >= 15 is 0 Å². The second kappa shape index (κ2) is 8.82. The number of carbonyl (C=O) groups is 1. The van der Waals surface area contributed by atoms with Crippen molar-refractivity contribution in [2.45, 2.75) is 65.5 Å². The normalized spacial score (nSPS) is 13.9. The molecule has 5 nitrogen and oxygen atoms in total. The van der Waals surface area contributed by atoms with Crippen LogP contribution in [-0.2, 0) is 16.1 Å².